The third-order valence-corrected chi connectivity index (χ3v) is 2.73. The largest absolute Gasteiger partial charge is 0.0841 e. The molecule has 0 saturated heterocycles. The van der Waals surface area contributed by atoms with Crippen LogP contribution in [0.15, 0.2) is 34.9 Å². The summed E-state index contributed by atoms with van der Waals surface area (Å²) in [6.45, 7) is 13.2. The van der Waals surface area contributed by atoms with Gasteiger partial charge in [0.15, 0.2) is 0 Å². The first-order valence-electron chi connectivity index (χ1n) is 6.08. The van der Waals surface area contributed by atoms with Crippen molar-refractivity contribution in [2.75, 3.05) is 0 Å². The lowest BCUT2D eigenvalue weighted by Gasteiger charge is -2.16. The zero-order valence-corrected chi connectivity index (χ0v) is 11.2. The van der Waals surface area contributed by atoms with Gasteiger partial charge in [-0.05, 0) is 49.8 Å². The smallest absolute Gasteiger partial charge is 0.0216 e. The van der Waals surface area contributed by atoms with Gasteiger partial charge in [-0.15, -0.1) is 0 Å². The Morgan fingerprint density at radius 1 is 1.13 bits per heavy atom. The van der Waals surface area contributed by atoms with Gasteiger partial charge in [0.05, 0.1) is 0 Å². The Hall–Kier alpha value is -0.780. The van der Waals surface area contributed by atoms with E-state index in [1.807, 2.05) is 0 Å². The van der Waals surface area contributed by atoms with Gasteiger partial charge >= 0.3 is 0 Å². The first-order chi connectivity index (χ1) is 7.08. The van der Waals surface area contributed by atoms with Gasteiger partial charge in [-0.3, -0.25) is 0 Å². The minimum atomic E-state index is 0.609. The van der Waals surface area contributed by atoms with Crippen LogP contribution in [-0.2, 0) is 0 Å². The van der Waals surface area contributed by atoms with E-state index >= 15 is 0 Å². The Kier molecular flexibility index (Phi) is 7.11. The van der Waals surface area contributed by atoms with E-state index < -0.39 is 0 Å². The van der Waals surface area contributed by atoms with E-state index in [1.165, 1.54) is 29.6 Å². The quantitative estimate of drug-likeness (QED) is 0.537. The molecule has 0 aromatic heterocycles. The molecule has 0 N–H and O–H groups in total. The summed E-state index contributed by atoms with van der Waals surface area (Å²) in [4.78, 5) is 0. The molecule has 0 fully saturated rings. The Morgan fingerprint density at radius 2 is 1.73 bits per heavy atom. The van der Waals surface area contributed by atoms with Crippen LogP contribution in [0.25, 0.3) is 0 Å². The maximum Gasteiger partial charge on any atom is -0.0216 e. The van der Waals surface area contributed by atoms with Crippen LogP contribution in [0.2, 0.25) is 0 Å². The molecule has 0 aliphatic heterocycles. The van der Waals surface area contributed by atoms with Crippen molar-refractivity contribution in [2.45, 2.75) is 54.4 Å². The maximum atomic E-state index is 2.40. The average molecular weight is 206 g/mol. The number of hydrogen-bond acceptors (Lipinski definition) is 0. The summed E-state index contributed by atoms with van der Waals surface area (Å²) in [5.74, 6) is 0.609. The molecule has 0 spiro atoms. The second-order valence-corrected chi connectivity index (χ2v) is 4.28. The van der Waals surface area contributed by atoms with Crippen LogP contribution in [0.1, 0.15) is 54.4 Å². The highest BCUT2D eigenvalue weighted by Crippen LogP contribution is 2.26. The number of hydrogen-bond donors (Lipinski definition) is 0. The van der Waals surface area contributed by atoms with Crippen molar-refractivity contribution in [1.82, 2.24) is 0 Å². The van der Waals surface area contributed by atoms with Gasteiger partial charge in [-0.1, -0.05) is 45.4 Å². The molecule has 0 amide bonds. The number of allylic oxidation sites excluding steroid dienone is 6. The fourth-order valence-electron chi connectivity index (χ4n) is 1.73. The molecule has 0 unspecified atom stereocenters. The van der Waals surface area contributed by atoms with Crippen molar-refractivity contribution in [1.29, 1.82) is 0 Å². The lowest BCUT2D eigenvalue weighted by molar-refractivity contribution is 0.767. The van der Waals surface area contributed by atoms with E-state index in [4.69, 9.17) is 0 Å². The summed E-state index contributed by atoms with van der Waals surface area (Å²) in [6.07, 6.45) is 9.23. The Morgan fingerprint density at radius 3 is 2.07 bits per heavy atom. The molecule has 0 aliphatic carbocycles. The zero-order valence-electron chi connectivity index (χ0n) is 11.2. The fraction of sp³-hybridized carbons (Fsp3) is 0.600. The van der Waals surface area contributed by atoms with Gasteiger partial charge in [-0.2, -0.15) is 0 Å². The lowest BCUT2D eigenvalue weighted by atomic mass is 9.89. The van der Waals surface area contributed by atoms with E-state index in [1.54, 1.807) is 0 Å². The third kappa shape index (κ3) is 4.51. The molecule has 15 heavy (non-hydrogen) atoms. The second kappa shape index (κ2) is 7.50. The molecule has 0 bridgehead atoms. The number of unbranched alkanes of at least 4 members (excludes halogenated alkanes) is 1. The first-order valence-corrected chi connectivity index (χ1v) is 6.08. The van der Waals surface area contributed by atoms with Gasteiger partial charge in [0.1, 0.15) is 0 Å². The lowest BCUT2D eigenvalue weighted by Crippen LogP contribution is -2.00. The van der Waals surface area contributed by atoms with E-state index in [0.717, 1.165) is 0 Å². The molecule has 86 valence electrons. The molecule has 0 aliphatic rings. The molecular weight excluding hydrogens is 180 g/mol. The molecule has 0 nitrogen and oxygen atoms in total. The highest BCUT2D eigenvalue weighted by Gasteiger charge is 2.09. The van der Waals surface area contributed by atoms with E-state index in [9.17, 15) is 0 Å². The SMILES string of the molecule is CC=C(C)C(=CC)C(=CCCC)C(C)C. The predicted molar refractivity (Wildman–Crippen MR) is 71.0 cm³/mol. The summed E-state index contributed by atoms with van der Waals surface area (Å²) < 4.78 is 0. The van der Waals surface area contributed by atoms with Crippen molar-refractivity contribution < 1.29 is 0 Å². The third-order valence-electron chi connectivity index (χ3n) is 2.73. The standard InChI is InChI=1S/C15H26/c1-7-10-11-15(12(4)5)14(9-3)13(6)8-2/h8-9,11-12H,7,10H2,1-6H3. The molecular formula is C15H26. The van der Waals surface area contributed by atoms with Crippen LogP contribution in [0.4, 0.5) is 0 Å². The highest BCUT2D eigenvalue weighted by molar-refractivity contribution is 5.45. The summed E-state index contributed by atoms with van der Waals surface area (Å²) >= 11 is 0. The van der Waals surface area contributed by atoms with Crippen molar-refractivity contribution in [2.24, 2.45) is 5.92 Å². The topological polar surface area (TPSA) is 0 Å². The summed E-state index contributed by atoms with van der Waals surface area (Å²) in [5.41, 5.74) is 4.30. The van der Waals surface area contributed by atoms with Crippen LogP contribution in [0.5, 0.6) is 0 Å². The molecule has 0 saturated carbocycles. The Labute approximate surface area is 95.8 Å². The van der Waals surface area contributed by atoms with E-state index in [0.29, 0.717) is 5.92 Å². The molecule has 0 heteroatoms. The van der Waals surface area contributed by atoms with Crippen LogP contribution in [-0.4, -0.2) is 0 Å². The van der Waals surface area contributed by atoms with Crippen LogP contribution in [0.3, 0.4) is 0 Å². The molecule has 0 aromatic rings. The first kappa shape index (κ1) is 14.2. The molecule has 0 rings (SSSR count). The van der Waals surface area contributed by atoms with Crippen molar-refractivity contribution in [3.8, 4) is 0 Å². The van der Waals surface area contributed by atoms with E-state index in [-0.39, 0.29) is 0 Å². The molecule has 0 heterocycles. The average Bonchev–Trinajstić information content (AvgIpc) is 2.22. The van der Waals surface area contributed by atoms with Crippen LogP contribution < -0.4 is 0 Å². The maximum absolute atomic E-state index is 2.40. The van der Waals surface area contributed by atoms with Crippen molar-refractivity contribution in [3.05, 3.63) is 34.9 Å². The van der Waals surface area contributed by atoms with Gasteiger partial charge < -0.3 is 0 Å². The minimum absolute atomic E-state index is 0.609. The van der Waals surface area contributed by atoms with Gasteiger partial charge in [-0.25, -0.2) is 0 Å². The highest BCUT2D eigenvalue weighted by atomic mass is 14.1. The molecule has 0 aromatic carbocycles. The Bertz CT molecular complexity index is 262. The van der Waals surface area contributed by atoms with Gasteiger partial charge in [0, 0.05) is 0 Å². The van der Waals surface area contributed by atoms with Crippen LogP contribution in [0, 0.1) is 5.92 Å². The van der Waals surface area contributed by atoms with Gasteiger partial charge in [0.2, 0.25) is 0 Å². The Balaban J connectivity index is 5.06. The van der Waals surface area contributed by atoms with Gasteiger partial charge in [0.25, 0.3) is 0 Å². The van der Waals surface area contributed by atoms with Crippen molar-refractivity contribution >= 4 is 0 Å². The fourth-order valence-corrected chi connectivity index (χ4v) is 1.73. The number of rotatable bonds is 5. The summed E-state index contributed by atoms with van der Waals surface area (Å²) in [7, 11) is 0. The van der Waals surface area contributed by atoms with E-state index in [2.05, 4.69) is 59.8 Å². The zero-order chi connectivity index (χ0) is 11.8. The second-order valence-electron chi connectivity index (χ2n) is 4.28. The molecule has 0 radical (unpaired) electrons. The normalized spacial score (nSPS) is 15.0. The summed E-state index contributed by atoms with van der Waals surface area (Å²) in [6, 6.07) is 0. The molecule has 0 atom stereocenters. The van der Waals surface area contributed by atoms with Crippen LogP contribution >= 0.6 is 0 Å². The summed E-state index contributed by atoms with van der Waals surface area (Å²) in [5, 5.41) is 0. The predicted octanol–water partition coefficient (Wildman–Crippen LogP) is 5.28. The van der Waals surface area contributed by atoms with Crippen molar-refractivity contribution in [3.63, 3.8) is 0 Å². The monoisotopic (exact) mass is 206 g/mol. The minimum Gasteiger partial charge on any atom is -0.0841 e.